The van der Waals surface area contributed by atoms with Gasteiger partial charge in [-0.15, -0.1) is 0 Å². The summed E-state index contributed by atoms with van der Waals surface area (Å²) in [6.45, 7) is 0. The van der Waals surface area contributed by atoms with Crippen molar-refractivity contribution in [1.82, 2.24) is 15.1 Å². The maximum Gasteiger partial charge on any atom is 0.260 e. The standard InChI is InChI=1S/C14H11FN4O/c15-10-1-2-11(12(16)8-10)14-18-13(19-20-14)7-9-3-5-17-6-4-9/h1-6,8H,7,16H2. The third kappa shape index (κ3) is 2.49. The van der Waals surface area contributed by atoms with Gasteiger partial charge in [0, 0.05) is 24.5 Å². The Morgan fingerprint density at radius 2 is 1.95 bits per heavy atom. The number of halogens is 1. The number of rotatable bonds is 3. The smallest absolute Gasteiger partial charge is 0.260 e. The average molecular weight is 270 g/mol. The molecule has 0 aliphatic rings. The molecule has 3 aromatic rings. The van der Waals surface area contributed by atoms with Gasteiger partial charge in [0.25, 0.3) is 5.89 Å². The van der Waals surface area contributed by atoms with E-state index in [-0.39, 0.29) is 11.6 Å². The van der Waals surface area contributed by atoms with Gasteiger partial charge in [0.1, 0.15) is 5.82 Å². The van der Waals surface area contributed by atoms with Crippen LogP contribution in [0.3, 0.4) is 0 Å². The Balaban J connectivity index is 1.87. The number of pyridine rings is 1. The predicted octanol–water partition coefficient (Wildman–Crippen LogP) is 2.44. The molecule has 3 rings (SSSR count). The lowest BCUT2D eigenvalue weighted by atomic mass is 10.1. The van der Waals surface area contributed by atoms with Gasteiger partial charge in [-0.25, -0.2) is 4.39 Å². The molecule has 0 unspecified atom stereocenters. The van der Waals surface area contributed by atoms with Crippen molar-refractivity contribution in [3.63, 3.8) is 0 Å². The Hall–Kier alpha value is -2.76. The predicted molar refractivity (Wildman–Crippen MR) is 71.1 cm³/mol. The Labute approximate surface area is 114 Å². The fraction of sp³-hybridized carbons (Fsp3) is 0.0714. The molecule has 2 aromatic heterocycles. The minimum absolute atomic E-state index is 0.268. The lowest BCUT2D eigenvalue weighted by Crippen LogP contribution is -1.93. The van der Waals surface area contributed by atoms with E-state index in [1.807, 2.05) is 12.1 Å². The second-order valence-electron chi connectivity index (χ2n) is 4.28. The molecular formula is C14H11FN4O. The van der Waals surface area contributed by atoms with Crippen LogP contribution in [0.2, 0.25) is 0 Å². The van der Waals surface area contributed by atoms with Gasteiger partial charge in [0.2, 0.25) is 0 Å². The van der Waals surface area contributed by atoms with E-state index in [1.54, 1.807) is 12.4 Å². The number of anilines is 1. The topological polar surface area (TPSA) is 77.8 Å². The molecule has 6 heteroatoms. The zero-order valence-corrected chi connectivity index (χ0v) is 10.5. The van der Waals surface area contributed by atoms with Crippen LogP contribution in [0.25, 0.3) is 11.5 Å². The molecular weight excluding hydrogens is 259 g/mol. The van der Waals surface area contributed by atoms with Crippen molar-refractivity contribution in [1.29, 1.82) is 0 Å². The highest BCUT2D eigenvalue weighted by atomic mass is 19.1. The maximum absolute atomic E-state index is 13.0. The zero-order chi connectivity index (χ0) is 13.9. The van der Waals surface area contributed by atoms with E-state index in [2.05, 4.69) is 15.1 Å². The van der Waals surface area contributed by atoms with Gasteiger partial charge in [0.15, 0.2) is 5.82 Å². The highest BCUT2D eigenvalue weighted by Gasteiger charge is 2.12. The Morgan fingerprint density at radius 1 is 1.15 bits per heavy atom. The molecule has 20 heavy (non-hydrogen) atoms. The first-order chi connectivity index (χ1) is 9.72. The van der Waals surface area contributed by atoms with Crippen molar-refractivity contribution in [2.45, 2.75) is 6.42 Å². The van der Waals surface area contributed by atoms with Crippen LogP contribution in [0, 0.1) is 5.82 Å². The van der Waals surface area contributed by atoms with E-state index in [4.69, 9.17) is 10.3 Å². The van der Waals surface area contributed by atoms with E-state index in [0.29, 0.717) is 17.8 Å². The van der Waals surface area contributed by atoms with E-state index < -0.39 is 5.82 Å². The number of benzene rings is 1. The number of nitrogens with two attached hydrogens (primary N) is 1. The van der Waals surface area contributed by atoms with Crippen LogP contribution in [0.15, 0.2) is 47.2 Å². The van der Waals surface area contributed by atoms with Crippen LogP contribution in [-0.2, 0) is 6.42 Å². The summed E-state index contributed by atoms with van der Waals surface area (Å²) in [4.78, 5) is 8.21. The highest BCUT2D eigenvalue weighted by Crippen LogP contribution is 2.25. The molecule has 2 N–H and O–H groups in total. The summed E-state index contributed by atoms with van der Waals surface area (Å²) < 4.78 is 18.2. The molecule has 0 amide bonds. The van der Waals surface area contributed by atoms with E-state index in [0.717, 1.165) is 5.56 Å². The molecule has 0 atom stereocenters. The molecule has 100 valence electrons. The molecule has 0 aliphatic heterocycles. The third-order valence-corrected chi connectivity index (χ3v) is 2.82. The van der Waals surface area contributed by atoms with E-state index >= 15 is 0 Å². The molecule has 0 bridgehead atoms. The summed E-state index contributed by atoms with van der Waals surface area (Å²) in [6, 6.07) is 7.81. The Morgan fingerprint density at radius 3 is 2.70 bits per heavy atom. The van der Waals surface area contributed by atoms with Crippen molar-refractivity contribution < 1.29 is 8.91 Å². The quantitative estimate of drug-likeness (QED) is 0.739. The lowest BCUT2D eigenvalue weighted by Gasteiger charge is -1.99. The van der Waals surface area contributed by atoms with E-state index in [1.165, 1.54) is 18.2 Å². The van der Waals surface area contributed by atoms with Gasteiger partial charge in [-0.1, -0.05) is 5.16 Å². The zero-order valence-electron chi connectivity index (χ0n) is 10.5. The molecule has 0 radical (unpaired) electrons. The number of aromatic nitrogens is 3. The van der Waals surface area contributed by atoms with Crippen molar-refractivity contribution in [2.75, 3.05) is 5.73 Å². The third-order valence-electron chi connectivity index (χ3n) is 2.82. The van der Waals surface area contributed by atoms with Crippen molar-refractivity contribution in [3.8, 4) is 11.5 Å². The van der Waals surface area contributed by atoms with Crippen LogP contribution in [0.4, 0.5) is 10.1 Å². The number of hydrogen-bond donors (Lipinski definition) is 1. The van der Waals surface area contributed by atoms with Gasteiger partial charge in [-0.05, 0) is 35.9 Å². The lowest BCUT2D eigenvalue weighted by molar-refractivity contribution is 0.424. The Kier molecular flexibility index (Phi) is 3.12. The summed E-state index contributed by atoms with van der Waals surface area (Å²) in [7, 11) is 0. The molecule has 0 fully saturated rings. The van der Waals surface area contributed by atoms with Crippen LogP contribution < -0.4 is 5.73 Å². The normalized spacial score (nSPS) is 10.7. The van der Waals surface area contributed by atoms with Crippen molar-refractivity contribution in [3.05, 3.63) is 59.9 Å². The molecule has 0 aliphatic carbocycles. The van der Waals surface area contributed by atoms with Gasteiger partial charge < -0.3 is 10.3 Å². The minimum atomic E-state index is -0.400. The Bertz CT molecular complexity index is 727. The summed E-state index contributed by atoms with van der Waals surface area (Å²) >= 11 is 0. The molecule has 5 nitrogen and oxygen atoms in total. The monoisotopic (exact) mass is 270 g/mol. The molecule has 0 saturated heterocycles. The summed E-state index contributed by atoms with van der Waals surface area (Å²) in [5.74, 6) is 0.421. The molecule has 2 heterocycles. The number of nitrogens with zero attached hydrogens (tertiary/aromatic N) is 3. The maximum atomic E-state index is 13.0. The van der Waals surface area contributed by atoms with Crippen molar-refractivity contribution >= 4 is 5.69 Å². The van der Waals surface area contributed by atoms with Crippen molar-refractivity contribution in [2.24, 2.45) is 0 Å². The van der Waals surface area contributed by atoms with Crippen LogP contribution in [0.1, 0.15) is 11.4 Å². The first-order valence-electron chi connectivity index (χ1n) is 5.99. The number of nitrogen functional groups attached to an aromatic ring is 1. The van der Waals surface area contributed by atoms with Crippen LogP contribution >= 0.6 is 0 Å². The van der Waals surface area contributed by atoms with E-state index in [9.17, 15) is 4.39 Å². The second-order valence-corrected chi connectivity index (χ2v) is 4.28. The molecule has 0 spiro atoms. The van der Waals surface area contributed by atoms with Gasteiger partial charge in [-0.3, -0.25) is 4.98 Å². The summed E-state index contributed by atoms with van der Waals surface area (Å²) in [5.41, 5.74) is 7.56. The average Bonchev–Trinajstić information content (AvgIpc) is 2.88. The largest absolute Gasteiger partial charge is 0.398 e. The minimum Gasteiger partial charge on any atom is -0.398 e. The van der Waals surface area contributed by atoms with Gasteiger partial charge in [0.05, 0.1) is 5.56 Å². The molecule has 1 aromatic carbocycles. The van der Waals surface area contributed by atoms with Crippen LogP contribution in [-0.4, -0.2) is 15.1 Å². The summed E-state index contributed by atoms with van der Waals surface area (Å²) in [6.07, 6.45) is 3.94. The summed E-state index contributed by atoms with van der Waals surface area (Å²) in [5, 5.41) is 3.90. The fourth-order valence-corrected chi connectivity index (χ4v) is 1.85. The first-order valence-corrected chi connectivity index (χ1v) is 5.99. The van der Waals surface area contributed by atoms with Gasteiger partial charge in [-0.2, -0.15) is 4.98 Å². The fourth-order valence-electron chi connectivity index (χ4n) is 1.85. The van der Waals surface area contributed by atoms with Crippen LogP contribution in [0.5, 0.6) is 0 Å². The molecule has 0 saturated carbocycles. The van der Waals surface area contributed by atoms with Gasteiger partial charge >= 0.3 is 0 Å². The second kappa shape index (κ2) is 5.08. The number of hydrogen-bond acceptors (Lipinski definition) is 5. The first kappa shape index (κ1) is 12.3. The highest BCUT2D eigenvalue weighted by molar-refractivity contribution is 5.70. The SMILES string of the molecule is Nc1cc(F)ccc1-c1nc(Cc2ccncc2)no1.